The SMILES string of the molecule is CC1(C)[C@@H]2CC3OB(C4CCCN4C(=O)CN[C@@H]4CCNC4)O[C@@]3(C)[C@H]1C2. The van der Waals surface area contributed by atoms with E-state index in [0.29, 0.717) is 23.9 Å². The summed E-state index contributed by atoms with van der Waals surface area (Å²) < 4.78 is 13.1. The molecular formula is C20H34BN3O3. The molecule has 0 spiro atoms. The predicted molar refractivity (Wildman–Crippen MR) is 104 cm³/mol. The van der Waals surface area contributed by atoms with Crippen molar-refractivity contribution in [3.8, 4) is 0 Å². The highest BCUT2D eigenvalue weighted by Gasteiger charge is 2.69. The van der Waals surface area contributed by atoms with Crippen molar-refractivity contribution in [1.82, 2.24) is 15.5 Å². The standard InChI is InChI=1S/C20H34BN3O3/c1-19(2)13-9-15(19)20(3)16(10-13)26-21(27-20)17-5-4-8-24(17)18(25)12-23-14-6-7-22-11-14/h13-17,22-23H,4-12H2,1-3H3/t13-,14+,15-,16?,17?,20-/m0/s1. The second-order valence-corrected chi connectivity index (χ2v) is 10.2. The average Bonchev–Trinajstić information content (AvgIpc) is 3.36. The summed E-state index contributed by atoms with van der Waals surface area (Å²) in [6.07, 6.45) is 5.70. The Hall–Kier alpha value is -0.625. The second-order valence-electron chi connectivity index (χ2n) is 10.2. The van der Waals surface area contributed by atoms with Gasteiger partial charge < -0.3 is 24.8 Å². The van der Waals surface area contributed by atoms with Gasteiger partial charge in [0, 0.05) is 19.1 Å². The van der Waals surface area contributed by atoms with Crippen molar-refractivity contribution in [2.75, 3.05) is 26.2 Å². The van der Waals surface area contributed by atoms with Crippen LogP contribution in [0.1, 0.15) is 52.9 Å². The van der Waals surface area contributed by atoms with Crippen LogP contribution >= 0.6 is 0 Å². The Kier molecular flexibility index (Phi) is 4.39. The molecule has 3 saturated heterocycles. The summed E-state index contributed by atoms with van der Waals surface area (Å²) in [7, 11) is -0.255. The van der Waals surface area contributed by atoms with Crippen molar-refractivity contribution in [1.29, 1.82) is 0 Å². The van der Waals surface area contributed by atoms with E-state index in [4.69, 9.17) is 9.31 Å². The number of carbonyl (C=O) groups is 1. The lowest BCUT2D eigenvalue weighted by Crippen LogP contribution is -2.65. The second kappa shape index (κ2) is 6.44. The average molecular weight is 375 g/mol. The molecule has 6 rings (SSSR count). The maximum absolute atomic E-state index is 12.9. The highest BCUT2D eigenvalue weighted by atomic mass is 16.7. The van der Waals surface area contributed by atoms with Crippen molar-refractivity contribution in [3.63, 3.8) is 0 Å². The fourth-order valence-electron chi connectivity index (χ4n) is 6.61. The Morgan fingerprint density at radius 1 is 1.30 bits per heavy atom. The molecule has 6 nitrogen and oxygen atoms in total. The van der Waals surface area contributed by atoms with Crippen LogP contribution in [0.5, 0.6) is 0 Å². The quantitative estimate of drug-likeness (QED) is 0.723. The number of carbonyl (C=O) groups excluding carboxylic acids is 1. The van der Waals surface area contributed by atoms with Gasteiger partial charge in [-0.15, -0.1) is 0 Å². The van der Waals surface area contributed by atoms with E-state index in [1.165, 1.54) is 6.42 Å². The highest BCUT2D eigenvalue weighted by Crippen LogP contribution is 2.65. The van der Waals surface area contributed by atoms with Crippen LogP contribution in [0, 0.1) is 17.3 Å². The minimum atomic E-state index is -0.255. The van der Waals surface area contributed by atoms with Crippen LogP contribution < -0.4 is 10.6 Å². The molecule has 3 saturated carbocycles. The first-order valence-electron chi connectivity index (χ1n) is 11.0. The van der Waals surface area contributed by atoms with Gasteiger partial charge in [0.05, 0.1) is 24.2 Å². The zero-order valence-corrected chi connectivity index (χ0v) is 17.0. The van der Waals surface area contributed by atoms with Crippen molar-refractivity contribution in [3.05, 3.63) is 0 Å². The fourth-order valence-corrected chi connectivity index (χ4v) is 6.61. The third-order valence-corrected chi connectivity index (χ3v) is 8.50. The number of likely N-dealkylation sites (tertiary alicyclic amines) is 1. The van der Waals surface area contributed by atoms with Crippen LogP contribution in [0.4, 0.5) is 0 Å². The third kappa shape index (κ3) is 2.80. The molecule has 3 aliphatic carbocycles. The van der Waals surface area contributed by atoms with Gasteiger partial charge in [0.1, 0.15) is 0 Å². The molecule has 6 aliphatic rings. The highest BCUT2D eigenvalue weighted by molar-refractivity contribution is 6.48. The summed E-state index contributed by atoms with van der Waals surface area (Å²) in [5.74, 6) is 1.60. The summed E-state index contributed by atoms with van der Waals surface area (Å²) in [6, 6.07) is 0.421. The topological polar surface area (TPSA) is 62.8 Å². The van der Waals surface area contributed by atoms with Crippen LogP contribution in [0.3, 0.4) is 0 Å². The molecule has 6 atom stereocenters. The van der Waals surface area contributed by atoms with E-state index in [0.717, 1.165) is 51.2 Å². The van der Waals surface area contributed by atoms with Gasteiger partial charge >= 0.3 is 7.12 Å². The van der Waals surface area contributed by atoms with E-state index in [1.54, 1.807) is 0 Å². The van der Waals surface area contributed by atoms with Crippen LogP contribution in [0.25, 0.3) is 0 Å². The molecule has 7 heteroatoms. The van der Waals surface area contributed by atoms with Gasteiger partial charge in [0.2, 0.25) is 5.91 Å². The van der Waals surface area contributed by atoms with Gasteiger partial charge in [-0.05, 0) is 62.8 Å². The van der Waals surface area contributed by atoms with Gasteiger partial charge in [-0.2, -0.15) is 0 Å². The first-order chi connectivity index (χ1) is 12.9. The molecule has 6 fully saturated rings. The Balaban J connectivity index is 1.24. The monoisotopic (exact) mass is 375 g/mol. The molecule has 0 aromatic rings. The summed E-state index contributed by atoms with van der Waals surface area (Å²) in [5.41, 5.74) is 0.169. The van der Waals surface area contributed by atoms with Gasteiger partial charge in [-0.25, -0.2) is 0 Å². The van der Waals surface area contributed by atoms with Gasteiger partial charge in [-0.1, -0.05) is 13.8 Å². The van der Waals surface area contributed by atoms with E-state index in [1.807, 2.05) is 4.90 Å². The van der Waals surface area contributed by atoms with Crippen LogP contribution in [0.2, 0.25) is 0 Å². The summed E-state index contributed by atoms with van der Waals surface area (Å²) in [5, 5.41) is 6.75. The minimum Gasteiger partial charge on any atom is -0.404 e. The van der Waals surface area contributed by atoms with Crippen molar-refractivity contribution < 1.29 is 14.1 Å². The van der Waals surface area contributed by atoms with Crippen molar-refractivity contribution >= 4 is 13.0 Å². The Morgan fingerprint density at radius 3 is 2.89 bits per heavy atom. The molecule has 27 heavy (non-hydrogen) atoms. The fraction of sp³-hybridized carbons (Fsp3) is 0.950. The Bertz CT molecular complexity index is 611. The largest absolute Gasteiger partial charge is 0.481 e. The van der Waals surface area contributed by atoms with Crippen LogP contribution in [0.15, 0.2) is 0 Å². The predicted octanol–water partition coefficient (Wildman–Crippen LogP) is 1.20. The summed E-state index contributed by atoms with van der Waals surface area (Å²) >= 11 is 0. The molecule has 0 radical (unpaired) electrons. The molecular weight excluding hydrogens is 341 g/mol. The number of amides is 1. The number of rotatable bonds is 4. The molecule has 2 N–H and O–H groups in total. The van der Waals surface area contributed by atoms with E-state index >= 15 is 0 Å². The van der Waals surface area contributed by atoms with Gasteiger partial charge in [0.25, 0.3) is 0 Å². The zero-order valence-electron chi connectivity index (χ0n) is 17.0. The van der Waals surface area contributed by atoms with E-state index in [2.05, 4.69) is 31.4 Å². The maximum atomic E-state index is 12.9. The Labute approximate surface area is 163 Å². The maximum Gasteiger partial charge on any atom is 0.481 e. The Morgan fingerprint density at radius 2 is 2.15 bits per heavy atom. The third-order valence-electron chi connectivity index (χ3n) is 8.50. The minimum absolute atomic E-state index is 0.0729. The molecule has 1 amide bonds. The smallest absolute Gasteiger partial charge is 0.404 e. The number of hydrogen-bond donors (Lipinski definition) is 2. The first-order valence-corrected chi connectivity index (χ1v) is 11.0. The van der Waals surface area contributed by atoms with Gasteiger partial charge in [-0.3, -0.25) is 4.79 Å². The summed E-state index contributed by atoms with van der Waals surface area (Å²) in [4.78, 5) is 14.9. The molecule has 3 heterocycles. The van der Waals surface area contributed by atoms with Crippen LogP contribution in [-0.2, 0) is 14.1 Å². The lowest BCUT2D eigenvalue weighted by molar-refractivity contribution is -0.199. The number of nitrogens with one attached hydrogen (secondary N) is 2. The van der Waals surface area contributed by atoms with Crippen molar-refractivity contribution in [2.24, 2.45) is 17.3 Å². The van der Waals surface area contributed by atoms with E-state index < -0.39 is 0 Å². The normalized spacial score (nSPS) is 45.1. The molecule has 2 unspecified atom stereocenters. The molecule has 3 aliphatic heterocycles. The summed E-state index contributed by atoms with van der Waals surface area (Å²) in [6.45, 7) is 10.3. The van der Waals surface area contributed by atoms with E-state index in [9.17, 15) is 4.79 Å². The van der Waals surface area contributed by atoms with Crippen LogP contribution in [-0.4, -0.2) is 67.8 Å². The molecule has 0 aromatic heterocycles. The van der Waals surface area contributed by atoms with E-state index in [-0.39, 0.29) is 30.7 Å². The number of nitrogens with zero attached hydrogens (tertiary/aromatic N) is 1. The molecule has 2 bridgehead atoms. The zero-order chi connectivity index (χ0) is 18.8. The molecule has 0 aromatic carbocycles. The van der Waals surface area contributed by atoms with Gasteiger partial charge in [0.15, 0.2) is 0 Å². The lowest BCUT2D eigenvalue weighted by Gasteiger charge is -2.64. The number of hydrogen-bond acceptors (Lipinski definition) is 5. The molecule has 150 valence electrons. The van der Waals surface area contributed by atoms with Crippen molar-refractivity contribution in [2.45, 2.75) is 76.6 Å². The lowest BCUT2D eigenvalue weighted by atomic mass is 9.43. The first kappa shape index (κ1) is 18.4.